The van der Waals surface area contributed by atoms with Crippen LogP contribution in [0.15, 0.2) is 30.7 Å². The number of hydrogen-bond acceptors (Lipinski definition) is 4. The summed E-state index contributed by atoms with van der Waals surface area (Å²) in [5.74, 6) is 0. The number of aromatic amines is 1. The van der Waals surface area contributed by atoms with Crippen molar-refractivity contribution in [3.63, 3.8) is 0 Å². The Hall–Kier alpha value is -2.19. The van der Waals surface area contributed by atoms with E-state index in [1.54, 1.807) is 18.6 Å². The van der Waals surface area contributed by atoms with Crippen molar-refractivity contribution in [2.45, 2.75) is 13.0 Å². The van der Waals surface area contributed by atoms with Gasteiger partial charge in [0.1, 0.15) is 0 Å². The van der Waals surface area contributed by atoms with Gasteiger partial charge in [-0.2, -0.15) is 10.4 Å². The monoisotopic (exact) mass is 227 g/mol. The van der Waals surface area contributed by atoms with Crippen LogP contribution < -0.4 is 5.32 Å². The molecule has 0 bridgehead atoms. The van der Waals surface area contributed by atoms with Gasteiger partial charge in [0, 0.05) is 43.0 Å². The summed E-state index contributed by atoms with van der Waals surface area (Å²) in [5.41, 5.74) is 3.07. The minimum atomic E-state index is 0.514. The van der Waals surface area contributed by atoms with E-state index in [0.717, 1.165) is 16.8 Å². The molecule has 0 saturated heterocycles. The average Bonchev–Trinajstić information content (AvgIpc) is 2.84. The lowest BCUT2D eigenvalue weighted by Crippen LogP contribution is -2.14. The van der Waals surface area contributed by atoms with Crippen molar-refractivity contribution in [1.29, 1.82) is 5.26 Å². The normalized spacial score (nSPS) is 10.1. The number of hydrogen-bond donors (Lipinski definition) is 2. The summed E-state index contributed by atoms with van der Waals surface area (Å²) in [6, 6.07) is 5.98. The molecule has 5 nitrogen and oxygen atoms in total. The highest BCUT2D eigenvalue weighted by molar-refractivity contribution is 5.61. The highest BCUT2D eigenvalue weighted by atomic mass is 15.1. The van der Waals surface area contributed by atoms with E-state index in [9.17, 15) is 0 Å². The van der Waals surface area contributed by atoms with E-state index >= 15 is 0 Å². The molecule has 2 rings (SSSR count). The summed E-state index contributed by atoms with van der Waals surface area (Å²) < 4.78 is 0. The number of rotatable bonds is 5. The molecule has 0 aromatic carbocycles. The quantitative estimate of drug-likeness (QED) is 0.758. The first-order valence-corrected chi connectivity index (χ1v) is 5.42. The second kappa shape index (κ2) is 5.77. The number of pyridine rings is 1. The zero-order valence-corrected chi connectivity index (χ0v) is 9.35. The van der Waals surface area contributed by atoms with Gasteiger partial charge in [-0.05, 0) is 12.1 Å². The van der Waals surface area contributed by atoms with E-state index in [1.807, 2.05) is 12.1 Å². The van der Waals surface area contributed by atoms with Crippen molar-refractivity contribution in [2.24, 2.45) is 0 Å². The summed E-state index contributed by atoms with van der Waals surface area (Å²) in [6.07, 6.45) is 5.85. The van der Waals surface area contributed by atoms with Crippen LogP contribution in [0, 0.1) is 11.3 Å². The fraction of sp³-hybridized carbons (Fsp3) is 0.250. The van der Waals surface area contributed by atoms with Crippen LogP contribution in [0.4, 0.5) is 0 Å². The molecule has 17 heavy (non-hydrogen) atoms. The van der Waals surface area contributed by atoms with Crippen LogP contribution in [0.5, 0.6) is 0 Å². The lowest BCUT2D eigenvalue weighted by molar-refractivity contribution is 0.700. The van der Waals surface area contributed by atoms with Gasteiger partial charge >= 0.3 is 0 Å². The Balaban J connectivity index is 2.05. The number of nitriles is 1. The van der Waals surface area contributed by atoms with E-state index < -0.39 is 0 Å². The summed E-state index contributed by atoms with van der Waals surface area (Å²) in [4.78, 5) is 4.08. The van der Waals surface area contributed by atoms with Crippen LogP contribution in [-0.2, 0) is 6.54 Å². The lowest BCUT2D eigenvalue weighted by atomic mass is 10.1. The van der Waals surface area contributed by atoms with Gasteiger partial charge in [0.05, 0.1) is 18.0 Å². The Bertz CT molecular complexity index is 497. The fourth-order valence-corrected chi connectivity index (χ4v) is 1.57. The Kier molecular flexibility index (Phi) is 3.84. The molecule has 0 unspecified atom stereocenters. The largest absolute Gasteiger partial charge is 0.312 e. The maximum atomic E-state index is 8.44. The molecule has 0 spiro atoms. The second-order valence-electron chi connectivity index (χ2n) is 3.60. The lowest BCUT2D eigenvalue weighted by Gasteiger charge is -2.03. The summed E-state index contributed by atoms with van der Waals surface area (Å²) >= 11 is 0. The average molecular weight is 227 g/mol. The van der Waals surface area contributed by atoms with Crippen molar-refractivity contribution in [1.82, 2.24) is 20.5 Å². The predicted octanol–water partition coefficient (Wildman–Crippen LogP) is 1.47. The number of aromatic nitrogens is 3. The van der Waals surface area contributed by atoms with E-state index in [-0.39, 0.29) is 0 Å². The summed E-state index contributed by atoms with van der Waals surface area (Å²) in [7, 11) is 0. The highest BCUT2D eigenvalue weighted by Crippen LogP contribution is 2.19. The van der Waals surface area contributed by atoms with E-state index in [4.69, 9.17) is 5.26 Å². The molecule has 86 valence electrons. The third-order valence-electron chi connectivity index (χ3n) is 2.40. The predicted molar refractivity (Wildman–Crippen MR) is 63.8 cm³/mol. The van der Waals surface area contributed by atoms with Gasteiger partial charge in [-0.15, -0.1) is 0 Å². The highest BCUT2D eigenvalue weighted by Gasteiger charge is 2.06. The van der Waals surface area contributed by atoms with Crippen molar-refractivity contribution < 1.29 is 0 Å². The maximum absolute atomic E-state index is 8.44. The van der Waals surface area contributed by atoms with Crippen LogP contribution >= 0.6 is 0 Å². The van der Waals surface area contributed by atoms with Gasteiger partial charge < -0.3 is 5.32 Å². The molecule has 0 aliphatic carbocycles. The molecule has 0 atom stereocenters. The molecule has 0 amide bonds. The van der Waals surface area contributed by atoms with Gasteiger partial charge in [0.2, 0.25) is 0 Å². The molecule has 0 radical (unpaired) electrons. The van der Waals surface area contributed by atoms with Gasteiger partial charge in [0.25, 0.3) is 0 Å². The zero-order chi connectivity index (χ0) is 11.9. The molecular weight excluding hydrogens is 214 g/mol. The Morgan fingerprint density at radius 3 is 3.12 bits per heavy atom. The third-order valence-corrected chi connectivity index (χ3v) is 2.40. The van der Waals surface area contributed by atoms with Gasteiger partial charge in [-0.1, -0.05) is 0 Å². The Morgan fingerprint density at radius 2 is 2.35 bits per heavy atom. The molecule has 0 aliphatic rings. The van der Waals surface area contributed by atoms with Crippen LogP contribution in [-0.4, -0.2) is 21.7 Å². The molecule has 2 aromatic heterocycles. The molecule has 2 N–H and O–H groups in total. The first kappa shape index (κ1) is 11.3. The second-order valence-corrected chi connectivity index (χ2v) is 3.60. The van der Waals surface area contributed by atoms with Crippen LogP contribution in [0.1, 0.15) is 12.0 Å². The summed E-state index contributed by atoms with van der Waals surface area (Å²) in [5, 5.41) is 18.6. The number of nitrogens with zero attached hydrogens (tertiary/aromatic N) is 3. The van der Waals surface area contributed by atoms with Gasteiger partial charge in [-0.25, -0.2) is 0 Å². The Labute approximate surface area is 99.5 Å². The van der Waals surface area contributed by atoms with E-state index in [0.29, 0.717) is 19.5 Å². The molecule has 0 fully saturated rings. The minimum absolute atomic E-state index is 0.514. The zero-order valence-electron chi connectivity index (χ0n) is 9.35. The topological polar surface area (TPSA) is 77.4 Å². The van der Waals surface area contributed by atoms with Crippen molar-refractivity contribution in [3.05, 3.63) is 36.3 Å². The summed E-state index contributed by atoms with van der Waals surface area (Å²) in [6.45, 7) is 1.39. The van der Waals surface area contributed by atoms with Gasteiger partial charge in [0.15, 0.2) is 0 Å². The van der Waals surface area contributed by atoms with Crippen LogP contribution in [0.2, 0.25) is 0 Å². The first-order valence-electron chi connectivity index (χ1n) is 5.42. The molecule has 2 heterocycles. The molecule has 0 saturated carbocycles. The van der Waals surface area contributed by atoms with Crippen LogP contribution in [0.25, 0.3) is 11.3 Å². The number of H-pyrrole nitrogens is 1. The standard InChI is InChI=1S/C12H13N5/c13-4-2-6-15-8-11-9-16-17-12(11)10-3-1-5-14-7-10/h1,3,5,7,9,15H,2,6,8H2,(H,16,17). The molecule has 5 heteroatoms. The maximum Gasteiger partial charge on any atom is 0.0710 e. The van der Waals surface area contributed by atoms with Crippen molar-refractivity contribution in [2.75, 3.05) is 6.54 Å². The third kappa shape index (κ3) is 2.89. The fourth-order valence-electron chi connectivity index (χ4n) is 1.57. The van der Waals surface area contributed by atoms with Crippen LogP contribution in [0.3, 0.4) is 0 Å². The van der Waals surface area contributed by atoms with Crippen molar-refractivity contribution >= 4 is 0 Å². The molecular formula is C12H13N5. The molecule has 2 aromatic rings. The number of nitrogens with one attached hydrogen (secondary N) is 2. The van der Waals surface area contributed by atoms with E-state index in [1.165, 1.54) is 0 Å². The minimum Gasteiger partial charge on any atom is -0.312 e. The first-order chi connectivity index (χ1) is 8.42. The van der Waals surface area contributed by atoms with Crippen molar-refractivity contribution in [3.8, 4) is 17.3 Å². The smallest absolute Gasteiger partial charge is 0.0710 e. The SMILES string of the molecule is N#CCCNCc1cn[nH]c1-c1cccnc1. The van der Waals surface area contributed by atoms with Gasteiger partial charge in [-0.3, -0.25) is 10.1 Å². The molecule has 0 aliphatic heterocycles. The van der Waals surface area contributed by atoms with E-state index in [2.05, 4.69) is 26.6 Å². The Morgan fingerprint density at radius 1 is 1.41 bits per heavy atom.